The summed E-state index contributed by atoms with van der Waals surface area (Å²) in [5.41, 5.74) is 0.427. The van der Waals surface area contributed by atoms with Crippen molar-refractivity contribution in [1.29, 1.82) is 0 Å². The fourth-order valence-corrected chi connectivity index (χ4v) is 3.06. The lowest BCUT2D eigenvalue weighted by Gasteiger charge is -2.35. The lowest BCUT2D eigenvalue weighted by atomic mass is 9.91. The van der Waals surface area contributed by atoms with E-state index in [1.54, 1.807) is 32.9 Å². The van der Waals surface area contributed by atoms with Crippen molar-refractivity contribution in [2.24, 2.45) is 5.41 Å². The van der Waals surface area contributed by atoms with Gasteiger partial charge in [-0.3, -0.25) is 8.98 Å². The molecular weight excluding hydrogens is 304 g/mol. The number of hydrogen-bond acceptors (Lipinski definition) is 5. The summed E-state index contributed by atoms with van der Waals surface area (Å²) in [4.78, 5) is 11.9. The molecule has 0 saturated heterocycles. The van der Waals surface area contributed by atoms with Crippen molar-refractivity contribution in [2.75, 3.05) is 0 Å². The van der Waals surface area contributed by atoms with Crippen LogP contribution in [0.15, 0.2) is 29.2 Å². The monoisotopic (exact) mass is 326 g/mol. The first-order valence-electron chi connectivity index (χ1n) is 7.29. The highest BCUT2D eigenvalue weighted by molar-refractivity contribution is 7.86. The van der Waals surface area contributed by atoms with Gasteiger partial charge in [-0.15, -0.1) is 0 Å². The van der Waals surface area contributed by atoms with Gasteiger partial charge in [-0.05, 0) is 39.8 Å². The number of hydrogen-bond donors (Lipinski definition) is 0. The maximum Gasteiger partial charge on any atom is 0.311 e. The van der Waals surface area contributed by atoms with Crippen molar-refractivity contribution < 1.29 is 22.1 Å². The predicted octanol–water partition coefficient (Wildman–Crippen LogP) is 2.82. The van der Waals surface area contributed by atoms with Crippen molar-refractivity contribution >= 4 is 16.1 Å². The van der Waals surface area contributed by atoms with Gasteiger partial charge in [0.05, 0.1) is 16.4 Å². The van der Waals surface area contributed by atoms with Gasteiger partial charge in [-0.1, -0.05) is 17.7 Å². The van der Waals surface area contributed by atoms with E-state index in [0.29, 0.717) is 12.8 Å². The fraction of sp³-hybridized carbons (Fsp3) is 0.562. The van der Waals surface area contributed by atoms with Crippen LogP contribution in [0.4, 0.5) is 0 Å². The minimum atomic E-state index is -3.76. The van der Waals surface area contributed by atoms with Gasteiger partial charge in [0.1, 0.15) is 6.10 Å². The van der Waals surface area contributed by atoms with Crippen LogP contribution in [0.25, 0.3) is 0 Å². The summed E-state index contributed by atoms with van der Waals surface area (Å²) in [6, 6.07) is 6.51. The van der Waals surface area contributed by atoms with E-state index in [1.165, 1.54) is 12.1 Å². The Morgan fingerprint density at radius 1 is 1.09 bits per heavy atom. The molecule has 0 atom stereocenters. The molecule has 1 aliphatic carbocycles. The molecule has 0 radical (unpaired) electrons. The Hall–Kier alpha value is -1.40. The molecule has 1 aromatic carbocycles. The second-order valence-electron chi connectivity index (χ2n) is 6.73. The number of esters is 1. The molecule has 5 nitrogen and oxygen atoms in total. The maximum absolute atomic E-state index is 12.1. The van der Waals surface area contributed by atoms with Crippen molar-refractivity contribution in [3.05, 3.63) is 29.8 Å². The average molecular weight is 326 g/mol. The number of rotatable bonds is 4. The first-order chi connectivity index (χ1) is 10.1. The Morgan fingerprint density at radius 3 is 2.14 bits per heavy atom. The highest BCUT2D eigenvalue weighted by atomic mass is 32.2. The van der Waals surface area contributed by atoms with E-state index in [2.05, 4.69) is 0 Å². The summed E-state index contributed by atoms with van der Waals surface area (Å²) in [6.07, 6.45) is 0.133. The zero-order chi connectivity index (χ0) is 16.5. The second-order valence-corrected chi connectivity index (χ2v) is 8.31. The highest BCUT2D eigenvalue weighted by Gasteiger charge is 2.38. The van der Waals surface area contributed by atoms with Crippen LogP contribution in [0.2, 0.25) is 0 Å². The molecule has 0 unspecified atom stereocenters. The summed E-state index contributed by atoms with van der Waals surface area (Å²) >= 11 is 0. The van der Waals surface area contributed by atoms with Gasteiger partial charge in [-0.25, -0.2) is 0 Å². The molecule has 1 fully saturated rings. The van der Waals surface area contributed by atoms with Gasteiger partial charge in [0.2, 0.25) is 0 Å². The largest absolute Gasteiger partial charge is 0.462 e. The van der Waals surface area contributed by atoms with Gasteiger partial charge in [0.15, 0.2) is 0 Å². The Labute approximate surface area is 131 Å². The normalized spacial score (nSPS) is 22.0. The van der Waals surface area contributed by atoms with Crippen LogP contribution in [0.3, 0.4) is 0 Å². The van der Waals surface area contributed by atoms with E-state index in [0.717, 1.165) is 5.56 Å². The third kappa shape index (κ3) is 4.08. The number of ether oxygens (including phenoxy) is 1. The summed E-state index contributed by atoms with van der Waals surface area (Å²) in [7, 11) is -3.76. The number of carbonyl (C=O) groups excluding carboxylic acids is 1. The van der Waals surface area contributed by atoms with E-state index in [9.17, 15) is 13.2 Å². The number of benzene rings is 1. The van der Waals surface area contributed by atoms with Crippen LogP contribution in [0, 0.1) is 12.3 Å². The molecule has 22 heavy (non-hydrogen) atoms. The predicted molar refractivity (Wildman–Crippen MR) is 81.8 cm³/mol. The zero-order valence-electron chi connectivity index (χ0n) is 13.3. The summed E-state index contributed by atoms with van der Waals surface area (Å²) in [5, 5.41) is 0. The van der Waals surface area contributed by atoms with Crippen LogP contribution in [0.5, 0.6) is 0 Å². The third-order valence-electron chi connectivity index (χ3n) is 3.51. The van der Waals surface area contributed by atoms with E-state index in [1.807, 2.05) is 6.92 Å². The molecule has 122 valence electrons. The second kappa shape index (κ2) is 6.01. The molecular formula is C16H22O5S. The molecule has 0 aliphatic heterocycles. The van der Waals surface area contributed by atoms with Gasteiger partial charge in [0.25, 0.3) is 10.1 Å². The van der Waals surface area contributed by atoms with Crippen LogP contribution in [-0.4, -0.2) is 26.6 Å². The summed E-state index contributed by atoms with van der Waals surface area (Å²) in [5.74, 6) is -0.280. The Morgan fingerprint density at radius 2 is 1.64 bits per heavy atom. The van der Waals surface area contributed by atoms with Crippen LogP contribution < -0.4 is 0 Å². The molecule has 1 aromatic rings. The zero-order valence-corrected chi connectivity index (χ0v) is 14.1. The third-order valence-corrected chi connectivity index (χ3v) is 4.89. The highest BCUT2D eigenvalue weighted by Crippen LogP contribution is 2.31. The van der Waals surface area contributed by atoms with Gasteiger partial charge >= 0.3 is 5.97 Å². The molecule has 0 amide bonds. The van der Waals surface area contributed by atoms with Crippen LogP contribution in [0.1, 0.15) is 39.2 Å². The van der Waals surface area contributed by atoms with Gasteiger partial charge in [-0.2, -0.15) is 8.42 Å². The first kappa shape index (κ1) is 17.0. The molecule has 0 spiro atoms. The van der Waals surface area contributed by atoms with Crippen molar-refractivity contribution in [2.45, 2.75) is 57.6 Å². The summed E-state index contributed by atoms with van der Waals surface area (Å²) < 4.78 is 34.7. The Bertz CT molecular complexity index is 634. The van der Waals surface area contributed by atoms with E-state index in [4.69, 9.17) is 8.92 Å². The summed E-state index contributed by atoms with van der Waals surface area (Å²) in [6.45, 7) is 7.23. The maximum atomic E-state index is 12.1. The molecule has 0 N–H and O–H groups in total. The minimum Gasteiger partial charge on any atom is -0.462 e. The molecule has 1 aliphatic rings. The lowest BCUT2D eigenvalue weighted by molar-refractivity contribution is -0.167. The SMILES string of the molecule is Cc1ccc(S(=O)(=O)O[C@H]2C[C@@H](OC(=O)C(C)(C)C)C2)cc1. The van der Waals surface area contributed by atoms with E-state index < -0.39 is 21.6 Å². The van der Waals surface area contributed by atoms with E-state index >= 15 is 0 Å². The Balaban J connectivity index is 1.87. The Kier molecular flexibility index (Phi) is 4.63. The standard InChI is InChI=1S/C16H22O5S/c1-11-5-7-14(8-6-11)22(18,19)21-13-9-12(10-13)20-15(17)16(2,3)4/h5-8,12-13H,9-10H2,1-4H3/t12-,13+. The minimum absolute atomic E-state index is 0.147. The van der Waals surface area contributed by atoms with Crippen molar-refractivity contribution in [3.8, 4) is 0 Å². The number of aryl methyl sites for hydroxylation is 1. The van der Waals surface area contributed by atoms with Gasteiger partial charge in [0, 0.05) is 12.8 Å². The molecule has 0 bridgehead atoms. The van der Waals surface area contributed by atoms with Crippen LogP contribution >= 0.6 is 0 Å². The van der Waals surface area contributed by atoms with Crippen molar-refractivity contribution in [3.63, 3.8) is 0 Å². The lowest BCUT2D eigenvalue weighted by Crippen LogP contribution is -2.41. The fourth-order valence-electron chi connectivity index (χ4n) is 1.96. The average Bonchev–Trinajstić information content (AvgIpc) is 2.35. The molecule has 2 rings (SSSR count). The molecule has 0 aromatic heterocycles. The molecule has 6 heteroatoms. The smallest absolute Gasteiger partial charge is 0.311 e. The van der Waals surface area contributed by atoms with E-state index in [-0.39, 0.29) is 17.0 Å². The quantitative estimate of drug-likeness (QED) is 0.628. The number of carbonyl (C=O) groups is 1. The van der Waals surface area contributed by atoms with Crippen molar-refractivity contribution in [1.82, 2.24) is 0 Å². The van der Waals surface area contributed by atoms with Gasteiger partial charge < -0.3 is 4.74 Å². The molecule has 1 saturated carbocycles. The van der Waals surface area contributed by atoms with Crippen LogP contribution in [-0.2, 0) is 23.8 Å². The first-order valence-corrected chi connectivity index (χ1v) is 8.70. The molecule has 0 heterocycles. The topological polar surface area (TPSA) is 69.7 Å².